The molecule has 0 bridgehead atoms. The van der Waals surface area contributed by atoms with Crippen molar-refractivity contribution in [2.24, 2.45) is 4.99 Å². The molecule has 1 aromatic carbocycles. The number of likely N-dealkylation sites (tertiary alicyclic amines) is 1. The van der Waals surface area contributed by atoms with E-state index in [-0.39, 0.29) is 23.7 Å². The van der Waals surface area contributed by atoms with Crippen molar-refractivity contribution in [2.45, 2.75) is 32.6 Å². The number of aliphatic imine (C=N–C) groups is 1. The first-order chi connectivity index (χ1) is 15.0. The monoisotopic (exact) mass is 434 g/mol. The Morgan fingerprint density at radius 1 is 1.23 bits per heavy atom. The second-order valence-electron chi connectivity index (χ2n) is 7.80. The minimum Gasteiger partial charge on any atom is -0.383 e. The van der Waals surface area contributed by atoms with Crippen LogP contribution in [0.4, 0.5) is 11.5 Å². The summed E-state index contributed by atoms with van der Waals surface area (Å²) in [5.41, 5.74) is 9.68. The molecule has 0 radical (unpaired) electrons. The van der Waals surface area contributed by atoms with Gasteiger partial charge in [-0.05, 0) is 38.3 Å². The highest BCUT2D eigenvalue weighted by Gasteiger charge is 2.22. The molecule has 2 aliphatic heterocycles. The van der Waals surface area contributed by atoms with Crippen LogP contribution in [0.3, 0.4) is 0 Å². The van der Waals surface area contributed by atoms with E-state index in [9.17, 15) is 9.59 Å². The van der Waals surface area contributed by atoms with Gasteiger partial charge < -0.3 is 10.6 Å². The summed E-state index contributed by atoms with van der Waals surface area (Å²) in [6.07, 6.45) is 5.17. The second kappa shape index (κ2) is 7.73. The number of nitrogens with zero attached hydrogens (tertiary/aromatic N) is 5. The number of carbonyl (C=O) groups is 1. The van der Waals surface area contributed by atoms with Crippen molar-refractivity contribution < 1.29 is 4.79 Å². The van der Waals surface area contributed by atoms with Crippen LogP contribution in [0.5, 0.6) is 0 Å². The molecule has 2 aromatic heterocycles. The highest BCUT2D eigenvalue weighted by Crippen LogP contribution is 2.35. The zero-order valence-electron chi connectivity index (χ0n) is 17.2. The predicted molar refractivity (Wildman–Crippen MR) is 123 cm³/mol. The third kappa shape index (κ3) is 3.54. The van der Waals surface area contributed by atoms with Crippen molar-refractivity contribution in [2.75, 3.05) is 18.8 Å². The average Bonchev–Trinajstić information content (AvgIpc) is 3.31. The van der Waals surface area contributed by atoms with Gasteiger partial charge in [0.15, 0.2) is 0 Å². The van der Waals surface area contributed by atoms with Crippen LogP contribution < -0.4 is 11.3 Å². The quantitative estimate of drug-likeness (QED) is 0.682. The topological polar surface area (TPSA) is 106 Å². The van der Waals surface area contributed by atoms with E-state index in [0.29, 0.717) is 9.97 Å². The van der Waals surface area contributed by atoms with Crippen LogP contribution in [0.1, 0.15) is 42.3 Å². The van der Waals surface area contributed by atoms with Gasteiger partial charge in [0, 0.05) is 29.9 Å². The van der Waals surface area contributed by atoms with Gasteiger partial charge in [0.25, 0.3) is 5.56 Å². The van der Waals surface area contributed by atoms with Crippen molar-refractivity contribution in [1.82, 2.24) is 19.5 Å². The SMILES string of the molecule is CC1=Nc2ccccc2/C1=C/c1c(N)n2nc(CC(=O)N3CCCCC3)sc2nc1=O. The van der Waals surface area contributed by atoms with E-state index in [0.717, 1.165) is 48.5 Å². The molecule has 0 saturated carbocycles. The molecule has 2 N–H and O–H groups in total. The normalized spacial score (nSPS) is 17.3. The molecule has 8 nitrogen and oxygen atoms in total. The van der Waals surface area contributed by atoms with Crippen LogP contribution in [0.2, 0.25) is 0 Å². The molecule has 3 aromatic rings. The molecule has 0 unspecified atom stereocenters. The molecule has 31 heavy (non-hydrogen) atoms. The molecule has 0 aliphatic carbocycles. The minimum absolute atomic E-state index is 0.0528. The Kier molecular flexibility index (Phi) is 4.90. The van der Waals surface area contributed by atoms with Crippen LogP contribution >= 0.6 is 11.3 Å². The summed E-state index contributed by atoms with van der Waals surface area (Å²) >= 11 is 1.23. The van der Waals surface area contributed by atoms with Crippen molar-refractivity contribution in [3.8, 4) is 0 Å². The predicted octanol–water partition coefficient (Wildman–Crippen LogP) is 2.93. The zero-order valence-corrected chi connectivity index (χ0v) is 18.0. The summed E-state index contributed by atoms with van der Waals surface area (Å²) < 4.78 is 1.46. The van der Waals surface area contributed by atoms with E-state index in [2.05, 4.69) is 15.1 Å². The number of carbonyl (C=O) groups excluding carboxylic acids is 1. The van der Waals surface area contributed by atoms with Crippen LogP contribution in [0, 0.1) is 0 Å². The fourth-order valence-corrected chi connectivity index (χ4v) is 4.96. The maximum Gasteiger partial charge on any atom is 0.283 e. The lowest BCUT2D eigenvalue weighted by Gasteiger charge is -2.26. The molecule has 0 spiro atoms. The van der Waals surface area contributed by atoms with Gasteiger partial charge in [-0.25, -0.2) is 0 Å². The highest BCUT2D eigenvalue weighted by molar-refractivity contribution is 7.16. The van der Waals surface area contributed by atoms with Crippen molar-refractivity contribution >= 4 is 51.1 Å². The zero-order chi connectivity index (χ0) is 21.5. The number of aromatic nitrogens is 3. The molecule has 5 rings (SSSR count). The lowest BCUT2D eigenvalue weighted by atomic mass is 10.0. The van der Waals surface area contributed by atoms with Crippen LogP contribution in [0.25, 0.3) is 16.6 Å². The van der Waals surface area contributed by atoms with Crippen molar-refractivity contribution in [1.29, 1.82) is 0 Å². The van der Waals surface area contributed by atoms with Crippen molar-refractivity contribution in [3.05, 3.63) is 50.8 Å². The molecule has 1 saturated heterocycles. The fraction of sp³-hybridized carbons (Fsp3) is 0.318. The Morgan fingerprint density at radius 2 is 2.00 bits per heavy atom. The summed E-state index contributed by atoms with van der Waals surface area (Å²) in [5.74, 6) is 0.268. The number of fused-ring (bicyclic) bond motifs is 2. The van der Waals surface area contributed by atoms with E-state index in [1.165, 1.54) is 22.3 Å². The summed E-state index contributed by atoms with van der Waals surface area (Å²) in [5, 5.41) is 5.09. The number of nitrogens with two attached hydrogens (primary N) is 1. The first kappa shape index (κ1) is 19.6. The number of anilines is 1. The van der Waals surface area contributed by atoms with Gasteiger partial charge in [-0.1, -0.05) is 29.5 Å². The number of allylic oxidation sites excluding steroid dienone is 1. The molecular weight excluding hydrogens is 412 g/mol. The van der Waals surface area contributed by atoms with Gasteiger partial charge in [-0.15, -0.1) is 0 Å². The third-order valence-corrected chi connectivity index (χ3v) is 6.61. The van der Waals surface area contributed by atoms with E-state index in [4.69, 9.17) is 5.73 Å². The molecule has 158 valence electrons. The number of para-hydroxylation sites is 1. The standard InChI is InChI=1S/C22H22N6O2S/c1-13-15(14-7-3-4-8-17(14)24-13)11-16-20(23)28-22(25-21(16)30)31-18(26-28)12-19(29)27-9-5-2-6-10-27/h3-4,7-8,11H,2,5-6,9-10,12,23H2,1H3/b15-11+. The minimum atomic E-state index is -0.417. The Balaban J connectivity index is 1.50. The Bertz CT molecular complexity index is 1310. The lowest BCUT2D eigenvalue weighted by Crippen LogP contribution is -2.36. The second-order valence-corrected chi connectivity index (χ2v) is 8.84. The molecule has 1 fully saturated rings. The van der Waals surface area contributed by atoms with Crippen LogP contribution in [-0.2, 0) is 11.2 Å². The van der Waals surface area contributed by atoms with Crippen LogP contribution in [0.15, 0.2) is 34.1 Å². The Labute approximate surface area is 182 Å². The van der Waals surface area contributed by atoms with Gasteiger partial charge in [-0.2, -0.15) is 14.6 Å². The number of hydrogen-bond acceptors (Lipinski definition) is 7. The number of benzene rings is 1. The largest absolute Gasteiger partial charge is 0.383 e. The van der Waals surface area contributed by atoms with Gasteiger partial charge in [0.05, 0.1) is 17.7 Å². The number of hydrogen-bond donors (Lipinski definition) is 1. The maximum absolute atomic E-state index is 12.8. The fourth-order valence-electron chi connectivity index (χ4n) is 4.07. The Morgan fingerprint density at radius 3 is 2.81 bits per heavy atom. The summed E-state index contributed by atoms with van der Waals surface area (Å²) in [6, 6.07) is 7.76. The first-order valence-corrected chi connectivity index (χ1v) is 11.2. The third-order valence-electron chi connectivity index (χ3n) is 5.71. The smallest absolute Gasteiger partial charge is 0.283 e. The van der Waals surface area contributed by atoms with Crippen molar-refractivity contribution in [3.63, 3.8) is 0 Å². The molecule has 1 amide bonds. The van der Waals surface area contributed by atoms with E-state index < -0.39 is 5.56 Å². The number of amides is 1. The van der Waals surface area contributed by atoms with Gasteiger partial charge >= 0.3 is 0 Å². The lowest BCUT2D eigenvalue weighted by molar-refractivity contribution is -0.131. The molecular formula is C22H22N6O2S. The van der Waals surface area contributed by atoms with E-state index in [1.54, 1.807) is 6.08 Å². The van der Waals surface area contributed by atoms with E-state index >= 15 is 0 Å². The van der Waals surface area contributed by atoms with Crippen LogP contribution in [-0.4, -0.2) is 44.2 Å². The molecule has 2 aliphatic rings. The van der Waals surface area contributed by atoms with Gasteiger partial charge in [-0.3, -0.25) is 14.6 Å². The summed E-state index contributed by atoms with van der Waals surface area (Å²) in [4.78, 5) is 36.3. The summed E-state index contributed by atoms with van der Waals surface area (Å²) in [6.45, 7) is 3.49. The molecule has 0 atom stereocenters. The molecule has 9 heteroatoms. The van der Waals surface area contributed by atoms with E-state index in [1.807, 2.05) is 36.1 Å². The molecule has 4 heterocycles. The highest BCUT2D eigenvalue weighted by atomic mass is 32.1. The summed E-state index contributed by atoms with van der Waals surface area (Å²) in [7, 11) is 0. The maximum atomic E-state index is 12.8. The number of piperidine rings is 1. The average molecular weight is 435 g/mol. The van der Waals surface area contributed by atoms with Gasteiger partial charge in [0.1, 0.15) is 10.8 Å². The number of rotatable bonds is 3. The first-order valence-electron chi connectivity index (χ1n) is 10.3. The number of nitrogen functional groups attached to an aromatic ring is 1. The van der Waals surface area contributed by atoms with Gasteiger partial charge in [0.2, 0.25) is 10.9 Å². The Hall–Kier alpha value is -3.33.